The third-order valence-electron chi connectivity index (χ3n) is 4.69. The number of hydrogen-bond donors (Lipinski definition) is 0. The lowest BCUT2D eigenvalue weighted by molar-refractivity contribution is -0.126. The van der Waals surface area contributed by atoms with Crippen LogP contribution in [0.4, 0.5) is 0 Å². The molecule has 0 bridgehead atoms. The minimum absolute atomic E-state index is 0.00306. The highest BCUT2D eigenvalue weighted by Crippen LogP contribution is 2.23. The number of rotatable bonds is 5. The molecule has 1 aromatic carbocycles. The summed E-state index contributed by atoms with van der Waals surface area (Å²) in [7, 11) is 1.51. The van der Waals surface area contributed by atoms with E-state index in [1.54, 1.807) is 31.2 Å². The zero-order chi connectivity index (χ0) is 20.6. The Kier molecular flexibility index (Phi) is 4.97. The van der Waals surface area contributed by atoms with Crippen LogP contribution in [0, 0.1) is 5.41 Å². The van der Waals surface area contributed by atoms with Crippen LogP contribution in [0.1, 0.15) is 27.7 Å². The van der Waals surface area contributed by atoms with Crippen LogP contribution in [0.5, 0.6) is 5.75 Å². The molecule has 0 spiro atoms. The number of imidazole rings is 1. The van der Waals surface area contributed by atoms with E-state index < -0.39 is 16.7 Å². The first-order valence-electron chi connectivity index (χ1n) is 9.08. The minimum Gasteiger partial charge on any atom is -0.495 e. The first kappa shape index (κ1) is 19.6. The summed E-state index contributed by atoms with van der Waals surface area (Å²) < 4.78 is 9.40. The fourth-order valence-corrected chi connectivity index (χ4v) is 3.00. The second-order valence-electron chi connectivity index (χ2n) is 7.56. The van der Waals surface area contributed by atoms with Crippen LogP contribution < -0.4 is 16.0 Å². The number of ketones is 1. The predicted molar refractivity (Wildman–Crippen MR) is 106 cm³/mol. The summed E-state index contributed by atoms with van der Waals surface area (Å²) in [4.78, 5) is 42.9. The Morgan fingerprint density at radius 3 is 2.46 bits per heavy atom. The van der Waals surface area contributed by atoms with E-state index in [0.29, 0.717) is 11.4 Å². The molecule has 0 amide bonds. The number of hydrogen-bond acceptors (Lipinski definition) is 5. The Bertz CT molecular complexity index is 1160. The van der Waals surface area contributed by atoms with Crippen molar-refractivity contribution >= 4 is 16.9 Å². The fraction of sp³-hybridized carbons (Fsp3) is 0.400. The second-order valence-corrected chi connectivity index (χ2v) is 7.56. The van der Waals surface area contributed by atoms with Gasteiger partial charge in [0.25, 0.3) is 5.56 Å². The van der Waals surface area contributed by atoms with Gasteiger partial charge in [-0.05, 0) is 19.1 Å². The maximum Gasteiger partial charge on any atom is 0.337 e. The molecular weight excluding hydrogens is 360 g/mol. The van der Waals surface area contributed by atoms with Gasteiger partial charge >= 0.3 is 5.69 Å². The number of carbonyl (C=O) groups excluding carboxylic acids is 1. The van der Waals surface area contributed by atoms with E-state index in [1.807, 2.05) is 20.8 Å². The largest absolute Gasteiger partial charge is 0.495 e. The van der Waals surface area contributed by atoms with Crippen LogP contribution in [0.3, 0.4) is 0 Å². The molecule has 0 aliphatic heterocycles. The SMILES string of the molecule is CCn1c(=O)c2c(ncn2CC(=O)C(C)(C)C)n(-c2ccccc2OC)c1=O. The molecule has 0 unspecified atom stereocenters. The first-order chi connectivity index (χ1) is 13.2. The van der Waals surface area contributed by atoms with E-state index in [2.05, 4.69) is 4.98 Å². The van der Waals surface area contributed by atoms with Gasteiger partial charge in [0.05, 0.1) is 25.7 Å². The zero-order valence-electron chi connectivity index (χ0n) is 16.7. The third kappa shape index (κ3) is 3.15. The normalized spacial score (nSPS) is 11.8. The van der Waals surface area contributed by atoms with Gasteiger partial charge in [-0.2, -0.15) is 0 Å². The van der Waals surface area contributed by atoms with E-state index in [0.717, 1.165) is 4.57 Å². The summed E-state index contributed by atoms with van der Waals surface area (Å²) in [6.45, 7) is 7.39. The summed E-state index contributed by atoms with van der Waals surface area (Å²) in [6.07, 6.45) is 1.43. The van der Waals surface area contributed by atoms with Gasteiger partial charge in [0.15, 0.2) is 16.9 Å². The van der Waals surface area contributed by atoms with E-state index in [-0.39, 0.29) is 30.0 Å². The number of aromatic nitrogens is 4. The Morgan fingerprint density at radius 1 is 1.18 bits per heavy atom. The number of methoxy groups -OCH3 is 1. The Morgan fingerprint density at radius 2 is 1.86 bits per heavy atom. The summed E-state index contributed by atoms with van der Waals surface area (Å²) in [5, 5.41) is 0. The van der Waals surface area contributed by atoms with Crippen LogP contribution in [-0.2, 0) is 17.9 Å². The Balaban J connectivity index is 2.36. The fourth-order valence-electron chi connectivity index (χ4n) is 3.00. The second kappa shape index (κ2) is 7.10. The summed E-state index contributed by atoms with van der Waals surface area (Å²) in [5.41, 5.74) is -0.632. The van der Waals surface area contributed by atoms with Gasteiger partial charge < -0.3 is 9.30 Å². The molecule has 0 fully saturated rings. The lowest BCUT2D eigenvalue weighted by atomic mass is 9.91. The lowest BCUT2D eigenvalue weighted by Crippen LogP contribution is -2.40. The van der Waals surface area contributed by atoms with E-state index >= 15 is 0 Å². The van der Waals surface area contributed by atoms with Gasteiger partial charge in [0, 0.05) is 12.0 Å². The van der Waals surface area contributed by atoms with Gasteiger partial charge in [-0.15, -0.1) is 0 Å². The summed E-state index contributed by atoms with van der Waals surface area (Å²) >= 11 is 0. The Labute approximate surface area is 162 Å². The van der Waals surface area contributed by atoms with E-state index in [4.69, 9.17) is 4.74 Å². The van der Waals surface area contributed by atoms with Crippen molar-refractivity contribution in [2.24, 2.45) is 5.41 Å². The van der Waals surface area contributed by atoms with Crippen molar-refractivity contribution in [1.29, 1.82) is 0 Å². The van der Waals surface area contributed by atoms with Crippen LogP contribution in [-0.4, -0.2) is 31.6 Å². The summed E-state index contributed by atoms with van der Waals surface area (Å²) in [6, 6.07) is 7.03. The molecule has 148 valence electrons. The molecule has 2 heterocycles. The van der Waals surface area contributed by atoms with Crippen LogP contribution in [0.15, 0.2) is 40.2 Å². The highest BCUT2D eigenvalue weighted by atomic mass is 16.5. The van der Waals surface area contributed by atoms with Crippen molar-refractivity contribution < 1.29 is 9.53 Å². The van der Waals surface area contributed by atoms with Crippen molar-refractivity contribution in [2.75, 3.05) is 7.11 Å². The van der Waals surface area contributed by atoms with Crippen LogP contribution >= 0.6 is 0 Å². The number of para-hydroxylation sites is 2. The van der Waals surface area contributed by atoms with E-state index in [1.165, 1.54) is 22.6 Å². The molecule has 0 aliphatic carbocycles. The van der Waals surface area contributed by atoms with Gasteiger partial charge in [0.2, 0.25) is 0 Å². The highest BCUT2D eigenvalue weighted by Gasteiger charge is 2.25. The van der Waals surface area contributed by atoms with E-state index in [9.17, 15) is 14.4 Å². The number of ether oxygens (including phenoxy) is 1. The molecule has 8 heteroatoms. The molecule has 0 saturated heterocycles. The first-order valence-corrected chi connectivity index (χ1v) is 9.08. The van der Waals surface area contributed by atoms with Gasteiger partial charge in [-0.3, -0.25) is 14.2 Å². The molecule has 0 aliphatic rings. The van der Waals surface area contributed by atoms with Gasteiger partial charge in [-0.1, -0.05) is 32.9 Å². The number of carbonyl (C=O) groups is 1. The molecule has 28 heavy (non-hydrogen) atoms. The number of nitrogens with zero attached hydrogens (tertiary/aromatic N) is 4. The quantitative estimate of drug-likeness (QED) is 0.671. The molecule has 2 aromatic heterocycles. The predicted octanol–water partition coefficient (Wildman–Crippen LogP) is 1.99. The summed E-state index contributed by atoms with van der Waals surface area (Å²) in [5.74, 6) is 0.441. The van der Waals surface area contributed by atoms with Gasteiger partial charge in [0.1, 0.15) is 5.75 Å². The molecule has 0 atom stereocenters. The molecule has 0 N–H and O–H groups in total. The Hall–Kier alpha value is -3.16. The molecule has 3 aromatic rings. The maximum atomic E-state index is 13.0. The molecule has 0 saturated carbocycles. The minimum atomic E-state index is -0.558. The third-order valence-corrected chi connectivity index (χ3v) is 4.69. The number of fused-ring (bicyclic) bond motifs is 1. The lowest BCUT2D eigenvalue weighted by Gasteiger charge is -2.17. The highest BCUT2D eigenvalue weighted by molar-refractivity contribution is 5.85. The van der Waals surface area contributed by atoms with Crippen LogP contribution in [0.25, 0.3) is 16.9 Å². The monoisotopic (exact) mass is 384 g/mol. The average Bonchev–Trinajstić information content (AvgIpc) is 3.05. The number of benzene rings is 1. The van der Waals surface area contributed by atoms with Crippen LogP contribution in [0.2, 0.25) is 0 Å². The topological polar surface area (TPSA) is 88.1 Å². The van der Waals surface area contributed by atoms with Crippen molar-refractivity contribution in [2.45, 2.75) is 40.8 Å². The molecule has 8 nitrogen and oxygen atoms in total. The van der Waals surface area contributed by atoms with Crippen molar-refractivity contribution in [3.8, 4) is 11.4 Å². The average molecular weight is 384 g/mol. The zero-order valence-corrected chi connectivity index (χ0v) is 16.7. The van der Waals surface area contributed by atoms with Crippen molar-refractivity contribution in [3.05, 3.63) is 51.4 Å². The smallest absolute Gasteiger partial charge is 0.337 e. The molecule has 3 rings (SSSR count). The van der Waals surface area contributed by atoms with Gasteiger partial charge in [-0.25, -0.2) is 14.3 Å². The molecule has 0 radical (unpaired) electrons. The number of Topliss-reactive ketones (excluding diaryl/α,β-unsaturated/α-hetero) is 1. The van der Waals surface area contributed by atoms with Crippen molar-refractivity contribution in [1.82, 2.24) is 18.7 Å². The maximum absolute atomic E-state index is 13.0. The molecular formula is C20H24N4O4. The van der Waals surface area contributed by atoms with Crippen molar-refractivity contribution in [3.63, 3.8) is 0 Å². The standard InChI is InChI=1S/C20H24N4O4/c1-6-23-18(26)16-17(21-12-22(16)11-15(25)20(2,3)4)24(19(23)27)13-9-7-8-10-14(13)28-5/h7-10,12H,6,11H2,1-5H3.